The summed E-state index contributed by atoms with van der Waals surface area (Å²) in [6.45, 7) is 1.99. The van der Waals surface area contributed by atoms with Crippen LogP contribution in [0.4, 0.5) is 0 Å². The molecule has 0 fully saturated rings. The third-order valence-electron chi connectivity index (χ3n) is 2.60. The Balaban J connectivity index is 2.73. The number of aliphatic hydroxyl groups is 2. The van der Waals surface area contributed by atoms with E-state index in [4.69, 9.17) is 11.6 Å². The minimum atomic E-state index is -0.395. The van der Waals surface area contributed by atoms with Crippen LogP contribution in [-0.2, 0) is 6.42 Å². The molecule has 0 spiro atoms. The number of rotatable bonds is 5. The van der Waals surface area contributed by atoms with Crippen molar-refractivity contribution < 1.29 is 10.2 Å². The van der Waals surface area contributed by atoms with Crippen LogP contribution in [0.5, 0.6) is 0 Å². The molecule has 1 aromatic rings. The van der Waals surface area contributed by atoms with Crippen LogP contribution in [0.2, 0.25) is 4.34 Å². The zero-order valence-corrected chi connectivity index (χ0v) is 9.74. The molecular formula is C10H15ClO2S. The molecule has 80 valence electrons. The van der Waals surface area contributed by atoms with Gasteiger partial charge in [0.05, 0.1) is 17.6 Å². The second kappa shape index (κ2) is 5.12. The fourth-order valence-electron chi connectivity index (χ4n) is 1.33. The summed E-state index contributed by atoms with van der Waals surface area (Å²) in [7, 11) is 0. The topological polar surface area (TPSA) is 40.5 Å². The van der Waals surface area contributed by atoms with Crippen LogP contribution >= 0.6 is 22.9 Å². The molecule has 0 radical (unpaired) electrons. The highest BCUT2D eigenvalue weighted by molar-refractivity contribution is 7.16. The first-order valence-corrected chi connectivity index (χ1v) is 5.81. The number of halogens is 1. The average molecular weight is 235 g/mol. The number of aliphatic hydroxyl groups excluding tert-OH is 2. The van der Waals surface area contributed by atoms with Crippen molar-refractivity contribution in [2.45, 2.75) is 19.8 Å². The maximum Gasteiger partial charge on any atom is 0.0931 e. The Morgan fingerprint density at radius 1 is 1.36 bits per heavy atom. The molecule has 0 aliphatic rings. The van der Waals surface area contributed by atoms with E-state index >= 15 is 0 Å². The molecular weight excluding hydrogens is 220 g/mol. The molecule has 0 aliphatic heterocycles. The number of thiophene rings is 1. The summed E-state index contributed by atoms with van der Waals surface area (Å²) in [5.74, 6) is 0. The van der Waals surface area contributed by atoms with Gasteiger partial charge in [-0.25, -0.2) is 0 Å². The van der Waals surface area contributed by atoms with Crippen molar-refractivity contribution in [2.24, 2.45) is 5.41 Å². The molecule has 0 saturated carbocycles. The first kappa shape index (κ1) is 12.0. The molecule has 2 N–H and O–H groups in total. The van der Waals surface area contributed by atoms with Crippen molar-refractivity contribution >= 4 is 22.9 Å². The molecule has 0 bridgehead atoms. The van der Waals surface area contributed by atoms with Crippen LogP contribution in [-0.4, -0.2) is 23.4 Å². The van der Waals surface area contributed by atoms with E-state index < -0.39 is 5.41 Å². The smallest absolute Gasteiger partial charge is 0.0931 e. The van der Waals surface area contributed by atoms with Gasteiger partial charge in [0.15, 0.2) is 0 Å². The van der Waals surface area contributed by atoms with Gasteiger partial charge in [-0.05, 0) is 25.0 Å². The predicted octanol–water partition coefficient (Wildman–Crippen LogP) is 2.33. The number of hydrogen-bond donors (Lipinski definition) is 2. The lowest BCUT2D eigenvalue weighted by atomic mass is 9.83. The summed E-state index contributed by atoms with van der Waals surface area (Å²) < 4.78 is 0.751. The molecule has 1 rings (SSSR count). The Labute approximate surface area is 93.2 Å². The van der Waals surface area contributed by atoms with Crippen LogP contribution in [0.1, 0.15) is 18.2 Å². The van der Waals surface area contributed by atoms with Gasteiger partial charge < -0.3 is 10.2 Å². The lowest BCUT2D eigenvalue weighted by Gasteiger charge is -2.27. The monoisotopic (exact) mass is 234 g/mol. The van der Waals surface area contributed by atoms with Gasteiger partial charge in [0.25, 0.3) is 0 Å². The van der Waals surface area contributed by atoms with Gasteiger partial charge in [0.2, 0.25) is 0 Å². The summed E-state index contributed by atoms with van der Waals surface area (Å²) in [6.07, 6.45) is 1.45. The van der Waals surface area contributed by atoms with E-state index in [1.165, 1.54) is 11.3 Å². The minimum absolute atomic E-state index is 0.00944. The molecule has 0 amide bonds. The molecule has 0 aliphatic carbocycles. The highest BCUT2D eigenvalue weighted by atomic mass is 35.5. The Bertz CT molecular complexity index is 273. The molecule has 0 aromatic carbocycles. The summed E-state index contributed by atoms with van der Waals surface area (Å²) in [5.41, 5.74) is -0.395. The van der Waals surface area contributed by atoms with Crippen LogP contribution in [0.25, 0.3) is 0 Å². The molecule has 2 nitrogen and oxygen atoms in total. The van der Waals surface area contributed by atoms with Crippen molar-refractivity contribution in [3.05, 3.63) is 21.3 Å². The quantitative estimate of drug-likeness (QED) is 0.821. The van der Waals surface area contributed by atoms with Crippen molar-refractivity contribution in [3.8, 4) is 0 Å². The highest BCUT2D eigenvalue weighted by Crippen LogP contribution is 2.31. The normalized spacial score (nSPS) is 12.0. The van der Waals surface area contributed by atoms with E-state index in [0.717, 1.165) is 15.6 Å². The van der Waals surface area contributed by atoms with E-state index in [9.17, 15) is 10.2 Å². The predicted molar refractivity (Wildman–Crippen MR) is 59.9 cm³/mol. The van der Waals surface area contributed by atoms with Crippen LogP contribution in [0.3, 0.4) is 0 Å². The zero-order valence-electron chi connectivity index (χ0n) is 8.16. The summed E-state index contributed by atoms with van der Waals surface area (Å²) in [6, 6.07) is 3.79. The van der Waals surface area contributed by atoms with Crippen LogP contribution < -0.4 is 0 Å². The Morgan fingerprint density at radius 3 is 2.36 bits per heavy atom. The Kier molecular flexibility index (Phi) is 4.38. The summed E-state index contributed by atoms with van der Waals surface area (Å²) in [5, 5.41) is 18.5. The van der Waals surface area contributed by atoms with E-state index in [-0.39, 0.29) is 13.2 Å². The van der Waals surface area contributed by atoms with E-state index in [1.807, 2.05) is 19.1 Å². The standard InChI is InChI=1S/C10H15ClO2S/c1-2-10(6-12,7-13)5-8-3-4-9(11)14-8/h3-4,12-13H,2,5-7H2,1H3. The zero-order chi connectivity index (χ0) is 10.6. The van der Waals surface area contributed by atoms with Gasteiger partial charge in [0.1, 0.15) is 0 Å². The first-order valence-electron chi connectivity index (χ1n) is 4.62. The van der Waals surface area contributed by atoms with Crippen molar-refractivity contribution in [3.63, 3.8) is 0 Å². The average Bonchev–Trinajstić information content (AvgIpc) is 2.61. The molecule has 1 heterocycles. The maximum atomic E-state index is 9.26. The van der Waals surface area contributed by atoms with Crippen LogP contribution in [0.15, 0.2) is 12.1 Å². The highest BCUT2D eigenvalue weighted by Gasteiger charge is 2.27. The third kappa shape index (κ3) is 2.70. The third-order valence-corrected chi connectivity index (χ3v) is 3.83. The molecule has 0 saturated heterocycles. The van der Waals surface area contributed by atoms with Gasteiger partial charge >= 0.3 is 0 Å². The van der Waals surface area contributed by atoms with Crippen molar-refractivity contribution in [1.82, 2.24) is 0 Å². The molecule has 1 aromatic heterocycles. The molecule has 0 unspecified atom stereocenters. The van der Waals surface area contributed by atoms with Gasteiger partial charge in [-0.2, -0.15) is 0 Å². The van der Waals surface area contributed by atoms with Gasteiger partial charge in [-0.1, -0.05) is 18.5 Å². The SMILES string of the molecule is CCC(CO)(CO)Cc1ccc(Cl)s1. The Morgan fingerprint density at radius 2 is 2.00 bits per heavy atom. The van der Waals surface area contributed by atoms with Gasteiger partial charge in [0, 0.05) is 10.3 Å². The van der Waals surface area contributed by atoms with Gasteiger partial charge in [-0.3, -0.25) is 0 Å². The lowest BCUT2D eigenvalue weighted by Crippen LogP contribution is -2.31. The van der Waals surface area contributed by atoms with E-state index in [0.29, 0.717) is 6.42 Å². The molecule has 0 atom stereocenters. The molecule has 14 heavy (non-hydrogen) atoms. The molecule has 4 heteroatoms. The number of hydrogen-bond acceptors (Lipinski definition) is 3. The second-order valence-corrected chi connectivity index (χ2v) is 5.35. The van der Waals surface area contributed by atoms with Crippen LogP contribution in [0, 0.1) is 5.41 Å². The fourth-order valence-corrected chi connectivity index (χ4v) is 2.59. The van der Waals surface area contributed by atoms with E-state index in [2.05, 4.69) is 0 Å². The Hall–Kier alpha value is -0.0900. The largest absolute Gasteiger partial charge is 0.396 e. The van der Waals surface area contributed by atoms with E-state index in [1.54, 1.807) is 0 Å². The maximum absolute atomic E-state index is 9.26. The fraction of sp³-hybridized carbons (Fsp3) is 0.600. The summed E-state index contributed by atoms with van der Waals surface area (Å²) >= 11 is 7.32. The summed E-state index contributed by atoms with van der Waals surface area (Å²) in [4.78, 5) is 1.11. The first-order chi connectivity index (χ1) is 6.65. The lowest BCUT2D eigenvalue weighted by molar-refractivity contribution is 0.0521. The van der Waals surface area contributed by atoms with Crippen molar-refractivity contribution in [1.29, 1.82) is 0 Å². The van der Waals surface area contributed by atoms with Gasteiger partial charge in [-0.15, -0.1) is 11.3 Å². The van der Waals surface area contributed by atoms with Crippen molar-refractivity contribution in [2.75, 3.05) is 13.2 Å². The minimum Gasteiger partial charge on any atom is -0.396 e. The second-order valence-electron chi connectivity index (χ2n) is 3.55.